The molecular weight excluding hydrogens is 227 g/mol. The molecule has 1 fully saturated rings. The lowest BCUT2D eigenvalue weighted by Gasteiger charge is -2.49. The summed E-state index contributed by atoms with van der Waals surface area (Å²) < 4.78 is 12.9. The molecule has 1 N–H and O–H groups in total. The lowest BCUT2D eigenvalue weighted by molar-refractivity contribution is 0.115. The average Bonchev–Trinajstić information content (AvgIpc) is 2.24. The van der Waals surface area contributed by atoms with Gasteiger partial charge in [0, 0.05) is 24.2 Å². The van der Waals surface area contributed by atoms with E-state index >= 15 is 0 Å². The Labute approximate surface area is 100 Å². The molecule has 0 amide bonds. The molecule has 0 bridgehead atoms. The number of nitrogens with one attached hydrogen (secondary N) is 1. The minimum Gasteiger partial charge on any atom is -0.309 e. The number of nitrogens with zero attached hydrogens (tertiary/aromatic N) is 1. The van der Waals surface area contributed by atoms with E-state index in [2.05, 4.69) is 24.1 Å². The monoisotopic (exact) mass is 242 g/mol. The number of rotatable bonds is 3. The number of alkyl halides is 1. The van der Waals surface area contributed by atoms with Gasteiger partial charge >= 0.3 is 0 Å². The highest BCUT2D eigenvalue weighted by molar-refractivity contribution is 6.21. The highest BCUT2D eigenvalue weighted by Crippen LogP contribution is 2.44. The molecule has 1 aliphatic rings. The van der Waals surface area contributed by atoms with Crippen LogP contribution in [0.5, 0.6) is 0 Å². The molecule has 1 aromatic heterocycles. The van der Waals surface area contributed by atoms with Crippen molar-refractivity contribution < 1.29 is 4.39 Å². The fraction of sp³-hybridized carbons (Fsp3) is 0.583. The minimum atomic E-state index is -0.289. The maximum absolute atomic E-state index is 12.9. The summed E-state index contributed by atoms with van der Waals surface area (Å²) in [7, 11) is 0. The first kappa shape index (κ1) is 11.8. The molecule has 0 radical (unpaired) electrons. The Morgan fingerprint density at radius 1 is 1.56 bits per heavy atom. The van der Waals surface area contributed by atoms with E-state index < -0.39 is 0 Å². The van der Waals surface area contributed by atoms with Crippen LogP contribution in [0.3, 0.4) is 0 Å². The van der Waals surface area contributed by atoms with Crippen LogP contribution in [0.25, 0.3) is 0 Å². The van der Waals surface area contributed by atoms with Gasteiger partial charge in [0.25, 0.3) is 0 Å². The van der Waals surface area contributed by atoms with Crippen molar-refractivity contribution in [2.45, 2.75) is 38.2 Å². The lowest BCUT2D eigenvalue weighted by atomic mass is 9.67. The van der Waals surface area contributed by atoms with E-state index in [1.165, 1.54) is 12.3 Å². The third kappa shape index (κ3) is 2.20. The first-order valence-electron chi connectivity index (χ1n) is 5.47. The Hall–Kier alpha value is -0.670. The van der Waals surface area contributed by atoms with Crippen LogP contribution >= 0.6 is 11.6 Å². The van der Waals surface area contributed by atoms with Crippen molar-refractivity contribution in [3.63, 3.8) is 0 Å². The standard InChI is InChI=1S/C12H16ClFN2/c1-12(2)10(13)4-11(12)16-6-8-3-9(14)7-15-5-8/h3,5,7,10-11,16H,4,6H2,1-2H3. The topological polar surface area (TPSA) is 24.9 Å². The molecule has 2 atom stereocenters. The molecule has 1 aromatic rings. The third-order valence-electron chi connectivity index (χ3n) is 3.46. The summed E-state index contributed by atoms with van der Waals surface area (Å²) in [5.74, 6) is -0.289. The minimum absolute atomic E-state index is 0.113. The summed E-state index contributed by atoms with van der Waals surface area (Å²) in [5.41, 5.74) is 0.983. The summed E-state index contributed by atoms with van der Waals surface area (Å²) in [6, 6.07) is 1.90. The van der Waals surface area contributed by atoms with E-state index in [4.69, 9.17) is 11.6 Å². The molecule has 1 saturated carbocycles. The third-order valence-corrected chi connectivity index (χ3v) is 4.20. The van der Waals surface area contributed by atoms with E-state index in [0.29, 0.717) is 12.6 Å². The van der Waals surface area contributed by atoms with Gasteiger partial charge in [0.1, 0.15) is 5.82 Å². The zero-order chi connectivity index (χ0) is 11.8. The van der Waals surface area contributed by atoms with Crippen molar-refractivity contribution >= 4 is 11.6 Å². The second-order valence-corrected chi connectivity index (χ2v) is 5.50. The van der Waals surface area contributed by atoms with Gasteiger partial charge in [0.15, 0.2) is 0 Å². The molecule has 16 heavy (non-hydrogen) atoms. The Kier molecular flexibility index (Phi) is 3.17. The largest absolute Gasteiger partial charge is 0.309 e. The van der Waals surface area contributed by atoms with Gasteiger partial charge in [-0.1, -0.05) is 13.8 Å². The molecule has 0 saturated heterocycles. The van der Waals surface area contributed by atoms with E-state index in [1.54, 1.807) is 6.20 Å². The van der Waals surface area contributed by atoms with Gasteiger partial charge in [-0.3, -0.25) is 4.98 Å². The Balaban J connectivity index is 1.89. The number of hydrogen-bond donors (Lipinski definition) is 1. The van der Waals surface area contributed by atoms with Crippen molar-refractivity contribution in [3.05, 3.63) is 29.8 Å². The average molecular weight is 243 g/mol. The smallest absolute Gasteiger partial charge is 0.141 e. The number of aromatic nitrogens is 1. The van der Waals surface area contributed by atoms with E-state index in [-0.39, 0.29) is 16.6 Å². The van der Waals surface area contributed by atoms with Gasteiger partial charge in [-0.05, 0) is 23.5 Å². The Morgan fingerprint density at radius 2 is 2.31 bits per heavy atom. The Morgan fingerprint density at radius 3 is 2.88 bits per heavy atom. The van der Waals surface area contributed by atoms with Crippen molar-refractivity contribution in [2.75, 3.05) is 0 Å². The summed E-state index contributed by atoms with van der Waals surface area (Å²) in [6.07, 6.45) is 3.86. The van der Waals surface area contributed by atoms with Crippen LogP contribution in [-0.2, 0) is 6.54 Å². The van der Waals surface area contributed by atoms with Gasteiger partial charge in [0.05, 0.1) is 6.20 Å². The van der Waals surface area contributed by atoms with Crippen LogP contribution in [-0.4, -0.2) is 16.4 Å². The van der Waals surface area contributed by atoms with Crippen molar-refractivity contribution in [3.8, 4) is 0 Å². The molecule has 0 aliphatic heterocycles. The number of hydrogen-bond acceptors (Lipinski definition) is 2. The maximum Gasteiger partial charge on any atom is 0.141 e. The van der Waals surface area contributed by atoms with Gasteiger partial charge in [-0.2, -0.15) is 0 Å². The van der Waals surface area contributed by atoms with Crippen LogP contribution in [0.2, 0.25) is 0 Å². The highest BCUT2D eigenvalue weighted by Gasteiger charge is 2.46. The summed E-state index contributed by atoms with van der Waals surface area (Å²) in [6.45, 7) is 4.94. The Bertz CT molecular complexity index is 381. The number of halogens is 2. The fourth-order valence-electron chi connectivity index (χ4n) is 2.01. The molecule has 4 heteroatoms. The molecular formula is C12H16ClFN2. The molecule has 1 heterocycles. The normalized spacial score (nSPS) is 27.5. The SMILES string of the molecule is CC1(C)C(Cl)CC1NCc1cncc(F)c1. The van der Waals surface area contributed by atoms with Crippen molar-refractivity contribution in [2.24, 2.45) is 5.41 Å². The van der Waals surface area contributed by atoms with Crippen LogP contribution in [0.4, 0.5) is 4.39 Å². The summed E-state index contributed by atoms with van der Waals surface area (Å²) in [5, 5.41) is 3.62. The summed E-state index contributed by atoms with van der Waals surface area (Å²) in [4.78, 5) is 3.82. The lowest BCUT2D eigenvalue weighted by Crippen LogP contribution is -2.57. The second kappa shape index (κ2) is 4.30. The van der Waals surface area contributed by atoms with E-state index in [9.17, 15) is 4.39 Å². The van der Waals surface area contributed by atoms with E-state index in [1.807, 2.05) is 0 Å². The number of pyridine rings is 1. The maximum atomic E-state index is 12.9. The van der Waals surface area contributed by atoms with Crippen LogP contribution < -0.4 is 5.32 Å². The molecule has 2 rings (SSSR count). The molecule has 0 aromatic carbocycles. The van der Waals surface area contributed by atoms with E-state index in [0.717, 1.165) is 12.0 Å². The van der Waals surface area contributed by atoms with Crippen LogP contribution in [0.1, 0.15) is 25.8 Å². The zero-order valence-electron chi connectivity index (χ0n) is 9.50. The van der Waals surface area contributed by atoms with Gasteiger partial charge < -0.3 is 5.32 Å². The zero-order valence-corrected chi connectivity index (χ0v) is 10.3. The van der Waals surface area contributed by atoms with Gasteiger partial charge in [0.2, 0.25) is 0 Å². The predicted molar refractivity (Wildman–Crippen MR) is 62.9 cm³/mol. The highest BCUT2D eigenvalue weighted by atomic mass is 35.5. The fourth-order valence-corrected chi connectivity index (χ4v) is 2.34. The van der Waals surface area contributed by atoms with Gasteiger partial charge in [-0.15, -0.1) is 11.6 Å². The van der Waals surface area contributed by atoms with Crippen LogP contribution in [0, 0.1) is 11.2 Å². The molecule has 2 unspecified atom stereocenters. The van der Waals surface area contributed by atoms with Crippen molar-refractivity contribution in [1.82, 2.24) is 10.3 Å². The molecule has 1 aliphatic carbocycles. The van der Waals surface area contributed by atoms with Crippen molar-refractivity contribution in [1.29, 1.82) is 0 Å². The quantitative estimate of drug-likeness (QED) is 0.825. The predicted octanol–water partition coefficient (Wildman–Crippen LogP) is 2.72. The first-order valence-corrected chi connectivity index (χ1v) is 5.90. The summed E-state index contributed by atoms with van der Waals surface area (Å²) >= 11 is 6.13. The van der Waals surface area contributed by atoms with Gasteiger partial charge in [-0.25, -0.2) is 4.39 Å². The van der Waals surface area contributed by atoms with Crippen LogP contribution in [0.15, 0.2) is 18.5 Å². The molecule has 0 spiro atoms. The molecule has 2 nitrogen and oxygen atoms in total. The molecule has 88 valence electrons. The second-order valence-electron chi connectivity index (χ2n) is 4.97. The first-order chi connectivity index (χ1) is 7.50.